The Labute approximate surface area is 105 Å². The molecule has 0 radical (unpaired) electrons. The molecule has 1 saturated carbocycles. The number of nitrogens with two attached hydrogens (primary N) is 1. The molecule has 1 aliphatic rings. The van der Waals surface area contributed by atoms with Crippen molar-refractivity contribution in [1.29, 1.82) is 0 Å². The molecule has 1 aliphatic carbocycles. The van der Waals surface area contributed by atoms with Gasteiger partial charge < -0.3 is 11.1 Å². The van der Waals surface area contributed by atoms with E-state index in [9.17, 15) is 0 Å². The van der Waals surface area contributed by atoms with Gasteiger partial charge in [0.25, 0.3) is 0 Å². The smallest absolute Gasteiger partial charge is 0.00682 e. The van der Waals surface area contributed by atoms with Gasteiger partial charge in [0.15, 0.2) is 0 Å². The molecule has 1 rings (SSSR count). The Hall–Kier alpha value is 0.270. The van der Waals surface area contributed by atoms with Gasteiger partial charge in [-0.1, -0.05) is 12.8 Å². The van der Waals surface area contributed by atoms with Crippen LogP contribution in [0.4, 0.5) is 0 Å². The lowest BCUT2D eigenvalue weighted by molar-refractivity contribution is 0.341. The molecule has 0 atom stereocenters. The van der Waals surface area contributed by atoms with Crippen LogP contribution in [-0.2, 0) is 0 Å². The number of thioether (sulfide) groups is 1. The summed E-state index contributed by atoms with van der Waals surface area (Å²) in [5, 5.41) is 3.67. The predicted octanol–water partition coefficient (Wildman–Crippen LogP) is 2.77. The Kier molecular flexibility index (Phi) is 8.34. The summed E-state index contributed by atoms with van der Waals surface area (Å²) < 4.78 is 0. The number of unbranched alkanes of at least 4 members (excludes halogenated alkanes) is 3. The fourth-order valence-electron chi connectivity index (χ4n) is 2.35. The van der Waals surface area contributed by atoms with Gasteiger partial charge in [0.05, 0.1) is 0 Å². The maximum Gasteiger partial charge on any atom is 0.00682 e. The van der Waals surface area contributed by atoms with Crippen LogP contribution in [0.5, 0.6) is 0 Å². The van der Waals surface area contributed by atoms with Crippen molar-refractivity contribution in [3.8, 4) is 0 Å². The summed E-state index contributed by atoms with van der Waals surface area (Å²) in [7, 11) is 0. The molecule has 0 spiro atoms. The van der Waals surface area contributed by atoms with E-state index in [4.69, 9.17) is 5.73 Å². The number of hydrogen-bond donors (Lipinski definition) is 2. The largest absolute Gasteiger partial charge is 0.328 e. The molecular weight excluding hydrogens is 216 g/mol. The van der Waals surface area contributed by atoms with Crippen molar-refractivity contribution < 1.29 is 0 Å². The van der Waals surface area contributed by atoms with Crippen molar-refractivity contribution in [1.82, 2.24) is 5.32 Å². The molecule has 3 N–H and O–H groups in total. The summed E-state index contributed by atoms with van der Waals surface area (Å²) in [4.78, 5) is 0. The van der Waals surface area contributed by atoms with Crippen LogP contribution in [0.15, 0.2) is 0 Å². The van der Waals surface area contributed by atoms with Gasteiger partial charge in [-0.25, -0.2) is 0 Å². The summed E-state index contributed by atoms with van der Waals surface area (Å²) in [5.74, 6) is 1.33. The van der Waals surface area contributed by atoms with Crippen LogP contribution in [0, 0.1) is 0 Å². The minimum absolute atomic E-state index is 0.476. The van der Waals surface area contributed by atoms with Crippen molar-refractivity contribution in [2.45, 2.75) is 63.5 Å². The Morgan fingerprint density at radius 3 is 2.44 bits per heavy atom. The first-order valence-corrected chi connectivity index (χ1v) is 8.20. The highest BCUT2D eigenvalue weighted by molar-refractivity contribution is 7.98. The zero-order valence-corrected chi connectivity index (χ0v) is 11.5. The van der Waals surface area contributed by atoms with Crippen molar-refractivity contribution in [3.05, 3.63) is 0 Å². The molecule has 2 nitrogen and oxygen atoms in total. The van der Waals surface area contributed by atoms with Crippen molar-refractivity contribution in [2.24, 2.45) is 5.73 Å². The summed E-state index contributed by atoms with van der Waals surface area (Å²) >= 11 is 1.96. The Balaban J connectivity index is 1.84. The molecule has 0 amide bonds. The molecule has 0 aliphatic heterocycles. The predicted molar refractivity (Wildman–Crippen MR) is 75.1 cm³/mol. The van der Waals surface area contributed by atoms with Crippen LogP contribution in [0.1, 0.15) is 51.4 Å². The standard InChI is InChI=1S/C13H28N2S/c1-16-11-5-3-2-4-10-15-13-8-6-12(14)7-9-13/h12-13,15H,2-11,14H2,1H3. The Bertz CT molecular complexity index is 156. The third kappa shape index (κ3) is 6.77. The van der Waals surface area contributed by atoms with Gasteiger partial charge >= 0.3 is 0 Å². The average molecular weight is 244 g/mol. The zero-order valence-electron chi connectivity index (χ0n) is 10.7. The van der Waals surface area contributed by atoms with E-state index in [1.807, 2.05) is 11.8 Å². The zero-order chi connectivity index (χ0) is 11.6. The molecular formula is C13H28N2S. The molecule has 0 bridgehead atoms. The minimum atomic E-state index is 0.476. The molecule has 3 heteroatoms. The summed E-state index contributed by atoms with van der Waals surface area (Å²) in [6.45, 7) is 1.21. The maximum absolute atomic E-state index is 5.89. The van der Waals surface area contributed by atoms with E-state index in [1.54, 1.807) is 0 Å². The first kappa shape index (κ1) is 14.3. The third-order valence-corrected chi connectivity index (χ3v) is 4.18. The van der Waals surface area contributed by atoms with E-state index in [0.29, 0.717) is 6.04 Å². The number of rotatable bonds is 8. The lowest BCUT2D eigenvalue weighted by Gasteiger charge is -2.26. The minimum Gasteiger partial charge on any atom is -0.328 e. The Morgan fingerprint density at radius 2 is 1.75 bits per heavy atom. The van der Waals surface area contributed by atoms with Crippen LogP contribution >= 0.6 is 11.8 Å². The van der Waals surface area contributed by atoms with Crippen LogP contribution in [0.3, 0.4) is 0 Å². The van der Waals surface area contributed by atoms with Gasteiger partial charge in [-0.3, -0.25) is 0 Å². The molecule has 0 aromatic carbocycles. The van der Waals surface area contributed by atoms with E-state index in [1.165, 1.54) is 63.7 Å². The highest BCUT2D eigenvalue weighted by Crippen LogP contribution is 2.16. The van der Waals surface area contributed by atoms with E-state index >= 15 is 0 Å². The second-order valence-corrected chi connectivity index (χ2v) is 5.96. The first-order chi connectivity index (χ1) is 7.83. The molecule has 16 heavy (non-hydrogen) atoms. The summed E-state index contributed by atoms with van der Waals surface area (Å²) in [6.07, 6.45) is 12.7. The molecule has 0 unspecified atom stereocenters. The van der Waals surface area contributed by atoms with Gasteiger partial charge in [-0.15, -0.1) is 0 Å². The normalized spacial score (nSPS) is 25.9. The highest BCUT2D eigenvalue weighted by atomic mass is 32.2. The second-order valence-electron chi connectivity index (χ2n) is 4.97. The Morgan fingerprint density at radius 1 is 1.06 bits per heavy atom. The van der Waals surface area contributed by atoms with Gasteiger partial charge in [0.1, 0.15) is 0 Å². The van der Waals surface area contributed by atoms with E-state index in [2.05, 4.69) is 11.6 Å². The SMILES string of the molecule is CSCCCCCCNC1CCC(N)CC1. The first-order valence-electron chi connectivity index (χ1n) is 6.81. The van der Waals surface area contributed by atoms with Crippen molar-refractivity contribution in [2.75, 3.05) is 18.6 Å². The molecule has 0 saturated heterocycles. The molecule has 0 aromatic rings. The van der Waals surface area contributed by atoms with Crippen molar-refractivity contribution >= 4 is 11.8 Å². The van der Waals surface area contributed by atoms with E-state index in [-0.39, 0.29) is 0 Å². The van der Waals surface area contributed by atoms with E-state index in [0.717, 1.165) is 6.04 Å². The molecule has 0 aromatic heterocycles. The third-order valence-electron chi connectivity index (χ3n) is 3.48. The fraction of sp³-hybridized carbons (Fsp3) is 1.00. The molecule has 1 fully saturated rings. The lowest BCUT2D eigenvalue weighted by atomic mass is 9.92. The molecule has 0 heterocycles. The van der Waals surface area contributed by atoms with Crippen LogP contribution in [-0.4, -0.2) is 30.6 Å². The van der Waals surface area contributed by atoms with Crippen LogP contribution < -0.4 is 11.1 Å². The molecule has 96 valence electrons. The fourth-order valence-corrected chi connectivity index (χ4v) is 2.85. The quantitative estimate of drug-likeness (QED) is 0.645. The maximum atomic E-state index is 5.89. The van der Waals surface area contributed by atoms with E-state index < -0.39 is 0 Å². The lowest BCUT2D eigenvalue weighted by Crippen LogP contribution is -2.37. The van der Waals surface area contributed by atoms with Crippen molar-refractivity contribution in [3.63, 3.8) is 0 Å². The summed E-state index contributed by atoms with van der Waals surface area (Å²) in [5.41, 5.74) is 5.89. The van der Waals surface area contributed by atoms with Crippen LogP contribution in [0.25, 0.3) is 0 Å². The average Bonchev–Trinajstić information content (AvgIpc) is 2.30. The second kappa shape index (κ2) is 9.32. The topological polar surface area (TPSA) is 38.0 Å². The van der Waals surface area contributed by atoms with Gasteiger partial charge in [0, 0.05) is 12.1 Å². The number of hydrogen-bond acceptors (Lipinski definition) is 3. The van der Waals surface area contributed by atoms with Gasteiger partial charge in [-0.05, 0) is 57.1 Å². The van der Waals surface area contributed by atoms with Gasteiger partial charge in [0.2, 0.25) is 0 Å². The summed E-state index contributed by atoms with van der Waals surface area (Å²) in [6, 6.07) is 1.23. The van der Waals surface area contributed by atoms with Gasteiger partial charge in [-0.2, -0.15) is 11.8 Å². The highest BCUT2D eigenvalue weighted by Gasteiger charge is 2.17. The number of nitrogens with one attached hydrogen (secondary N) is 1. The van der Waals surface area contributed by atoms with Crippen LogP contribution in [0.2, 0.25) is 0 Å². The monoisotopic (exact) mass is 244 g/mol.